The molecule has 0 aliphatic heterocycles. The third kappa shape index (κ3) is 3.92. The van der Waals surface area contributed by atoms with E-state index in [1.807, 2.05) is 30.3 Å². The number of nitrogens with one attached hydrogen (secondary N) is 2. The summed E-state index contributed by atoms with van der Waals surface area (Å²) in [4.78, 5) is 31.6. The van der Waals surface area contributed by atoms with Gasteiger partial charge in [0.15, 0.2) is 0 Å². The van der Waals surface area contributed by atoms with Crippen LogP contribution in [0, 0.1) is 0 Å². The van der Waals surface area contributed by atoms with E-state index < -0.39 is 11.9 Å². The highest BCUT2D eigenvalue weighted by Crippen LogP contribution is 2.29. The van der Waals surface area contributed by atoms with Crippen LogP contribution in [0.1, 0.15) is 21.6 Å². The first kappa shape index (κ1) is 19.4. The van der Waals surface area contributed by atoms with Gasteiger partial charge in [0.1, 0.15) is 11.3 Å². The van der Waals surface area contributed by atoms with Gasteiger partial charge in [-0.25, -0.2) is 4.98 Å². The van der Waals surface area contributed by atoms with E-state index in [-0.39, 0.29) is 12.1 Å². The Bertz CT molecular complexity index is 1250. The second-order valence-corrected chi connectivity index (χ2v) is 6.88. The fourth-order valence-electron chi connectivity index (χ4n) is 3.40. The number of carboxylic acids is 1. The lowest BCUT2D eigenvalue weighted by molar-refractivity contribution is -0.136. The Morgan fingerprint density at radius 1 is 1.07 bits per heavy atom. The third-order valence-electron chi connectivity index (χ3n) is 4.84. The second-order valence-electron chi connectivity index (χ2n) is 6.88. The maximum atomic E-state index is 13.0. The summed E-state index contributed by atoms with van der Waals surface area (Å²) in [5.41, 5.74) is 10.4. The van der Waals surface area contributed by atoms with Crippen LogP contribution in [-0.2, 0) is 17.8 Å². The lowest BCUT2D eigenvalue weighted by Gasteiger charge is -2.11. The number of pyridine rings is 1. The molecule has 2 aromatic heterocycles. The molecule has 0 saturated heterocycles. The SMILES string of the molecule is NCc1cccc(-c2cc(C(=O)Nc3ccccc3CC(=O)O)nc3[nH]ccc23)c1. The van der Waals surface area contributed by atoms with Gasteiger partial charge in [0.25, 0.3) is 5.91 Å². The van der Waals surface area contributed by atoms with Crippen LogP contribution < -0.4 is 11.1 Å². The van der Waals surface area contributed by atoms with E-state index in [0.717, 1.165) is 22.1 Å². The van der Waals surface area contributed by atoms with Crippen molar-refractivity contribution in [2.24, 2.45) is 5.73 Å². The predicted octanol–water partition coefficient (Wildman–Crippen LogP) is 3.57. The number of H-pyrrole nitrogens is 1. The summed E-state index contributed by atoms with van der Waals surface area (Å²) in [6, 6.07) is 18.3. The molecule has 0 saturated carbocycles. The van der Waals surface area contributed by atoms with Gasteiger partial charge in [0, 0.05) is 23.8 Å². The lowest BCUT2D eigenvalue weighted by Crippen LogP contribution is -2.16. The molecule has 7 nitrogen and oxygen atoms in total. The highest BCUT2D eigenvalue weighted by atomic mass is 16.4. The molecule has 0 fully saturated rings. The number of nitrogens with zero attached hydrogens (tertiary/aromatic N) is 1. The van der Waals surface area contributed by atoms with E-state index in [9.17, 15) is 9.59 Å². The van der Waals surface area contributed by atoms with Crippen LogP contribution in [0.3, 0.4) is 0 Å². The van der Waals surface area contributed by atoms with Crippen molar-refractivity contribution < 1.29 is 14.7 Å². The van der Waals surface area contributed by atoms with Gasteiger partial charge in [-0.05, 0) is 46.5 Å². The van der Waals surface area contributed by atoms with E-state index in [1.165, 1.54) is 0 Å². The molecule has 4 aromatic rings. The monoisotopic (exact) mass is 400 g/mol. The zero-order chi connectivity index (χ0) is 21.1. The van der Waals surface area contributed by atoms with Gasteiger partial charge in [0.05, 0.1) is 6.42 Å². The van der Waals surface area contributed by atoms with Crippen LogP contribution in [0.5, 0.6) is 0 Å². The minimum absolute atomic E-state index is 0.184. The standard InChI is InChI=1S/C23H20N4O3/c24-13-14-4-3-6-15(10-14)18-12-20(26-22-17(18)8-9-25-22)23(30)27-19-7-2-1-5-16(19)11-21(28)29/h1-10,12H,11,13,24H2,(H,25,26)(H,27,30)(H,28,29). The maximum Gasteiger partial charge on any atom is 0.307 e. The maximum absolute atomic E-state index is 13.0. The van der Waals surface area contributed by atoms with Crippen molar-refractivity contribution in [1.82, 2.24) is 9.97 Å². The Hall–Kier alpha value is -3.97. The summed E-state index contributed by atoms with van der Waals surface area (Å²) in [5.74, 6) is -1.38. The van der Waals surface area contributed by atoms with Crippen LogP contribution >= 0.6 is 0 Å². The smallest absolute Gasteiger partial charge is 0.307 e. The first-order valence-corrected chi connectivity index (χ1v) is 9.43. The van der Waals surface area contributed by atoms with Crippen molar-refractivity contribution in [2.75, 3.05) is 5.32 Å². The lowest BCUT2D eigenvalue weighted by atomic mass is 10.00. The summed E-state index contributed by atoms with van der Waals surface area (Å²) in [5, 5.41) is 12.8. The van der Waals surface area contributed by atoms with E-state index in [1.54, 1.807) is 36.5 Å². The molecule has 30 heavy (non-hydrogen) atoms. The topological polar surface area (TPSA) is 121 Å². The van der Waals surface area contributed by atoms with Crippen molar-refractivity contribution in [3.63, 3.8) is 0 Å². The van der Waals surface area contributed by atoms with Crippen molar-refractivity contribution in [3.05, 3.63) is 83.7 Å². The molecular weight excluding hydrogens is 380 g/mol. The molecule has 0 bridgehead atoms. The fraction of sp³-hybridized carbons (Fsp3) is 0.0870. The number of benzene rings is 2. The number of anilines is 1. The number of para-hydroxylation sites is 1. The third-order valence-corrected chi connectivity index (χ3v) is 4.84. The number of hydrogen-bond donors (Lipinski definition) is 4. The number of hydrogen-bond acceptors (Lipinski definition) is 4. The van der Waals surface area contributed by atoms with Crippen molar-refractivity contribution in [1.29, 1.82) is 0 Å². The molecule has 0 atom stereocenters. The number of amides is 1. The predicted molar refractivity (Wildman–Crippen MR) is 115 cm³/mol. The second kappa shape index (κ2) is 8.18. The van der Waals surface area contributed by atoms with Gasteiger partial charge in [-0.1, -0.05) is 36.4 Å². The highest BCUT2D eigenvalue weighted by Gasteiger charge is 2.16. The molecule has 1 amide bonds. The van der Waals surface area contributed by atoms with Crippen molar-refractivity contribution in [3.8, 4) is 11.1 Å². The van der Waals surface area contributed by atoms with Crippen LogP contribution in [0.25, 0.3) is 22.2 Å². The first-order valence-electron chi connectivity index (χ1n) is 9.43. The molecule has 0 aliphatic rings. The van der Waals surface area contributed by atoms with Crippen molar-refractivity contribution in [2.45, 2.75) is 13.0 Å². The van der Waals surface area contributed by atoms with Gasteiger partial charge < -0.3 is 21.1 Å². The van der Waals surface area contributed by atoms with Crippen LogP contribution in [-0.4, -0.2) is 27.0 Å². The Labute approximate surface area is 172 Å². The summed E-state index contributed by atoms with van der Waals surface area (Å²) >= 11 is 0. The molecule has 4 rings (SSSR count). The number of carboxylic acid groups (broad SMARTS) is 1. The molecular formula is C23H20N4O3. The van der Waals surface area contributed by atoms with Gasteiger partial charge in [-0.2, -0.15) is 0 Å². The summed E-state index contributed by atoms with van der Waals surface area (Å²) in [7, 11) is 0. The van der Waals surface area contributed by atoms with E-state index >= 15 is 0 Å². The summed E-state index contributed by atoms with van der Waals surface area (Å²) < 4.78 is 0. The van der Waals surface area contributed by atoms with E-state index in [2.05, 4.69) is 15.3 Å². The molecule has 2 aromatic carbocycles. The number of carbonyl (C=O) groups is 2. The molecule has 7 heteroatoms. The summed E-state index contributed by atoms with van der Waals surface area (Å²) in [6.45, 7) is 0.420. The molecule has 0 spiro atoms. The normalized spacial score (nSPS) is 10.8. The highest BCUT2D eigenvalue weighted by molar-refractivity contribution is 6.07. The number of fused-ring (bicyclic) bond motifs is 1. The number of aromatic nitrogens is 2. The molecule has 5 N–H and O–H groups in total. The Kier molecular flexibility index (Phi) is 5.28. The van der Waals surface area contributed by atoms with Gasteiger partial charge >= 0.3 is 5.97 Å². The van der Waals surface area contributed by atoms with Gasteiger partial charge in [0.2, 0.25) is 0 Å². The zero-order valence-corrected chi connectivity index (χ0v) is 16.1. The molecule has 2 heterocycles. The van der Waals surface area contributed by atoms with Gasteiger partial charge in [-0.3, -0.25) is 9.59 Å². The Morgan fingerprint density at radius 2 is 1.90 bits per heavy atom. The van der Waals surface area contributed by atoms with E-state index in [4.69, 9.17) is 10.8 Å². The number of carbonyl (C=O) groups excluding carboxylic acids is 1. The molecule has 0 aliphatic carbocycles. The van der Waals surface area contributed by atoms with Crippen LogP contribution in [0.4, 0.5) is 5.69 Å². The van der Waals surface area contributed by atoms with Crippen LogP contribution in [0.2, 0.25) is 0 Å². The minimum atomic E-state index is -0.968. The Morgan fingerprint density at radius 3 is 2.70 bits per heavy atom. The van der Waals surface area contributed by atoms with Crippen LogP contribution in [0.15, 0.2) is 66.9 Å². The average Bonchev–Trinajstić information content (AvgIpc) is 3.23. The number of nitrogens with two attached hydrogens (primary N) is 1. The molecule has 0 radical (unpaired) electrons. The van der Waals surface area contributed by atoms with E-state index in [0.29, 0.717) is 23.4 Å². The largest absolute Gasteiger partial charge is 0.481 e. The fourth-order valence-corrected chi connectivity index (χ4v) is 3.40. The molecule has 0 unspecified atom stereocenters. The minimum Gasteiger partial charge on any atom is -0.481 e. The van der Waals surface area contributed by atoms with Gasteiger partial charge in [-0.15, -0.1) is 0 Å². The number of aromatic amines is 1. The zero-order valence-electron chi connectivity index (χ0n) is 16.1. The summed E-state index contributed by atoms with van der Waals surface area (Å²) in [6.07, 6.45) is 1.59. The Balaban J connectivity index is 1.73. The number of rotatable bonds is 6. The molecule has 150 valence electrons. The average molecular weight is 400 g/mol. The first-order chi connectivity index (χ1) is 14.5. The quantitative estimate of drug-likeness (QED) is 0.394. The van der Waals surface area contributed by atoms with Crippen molar-refractivity contribution >= 4 is 28.6 Å². The number of aliphatic carboxylic acids is 1.